The summed E-state index contributed by atoms with van der Waals surface area (Å²) in [6.45, 7) is 0. The van der Waals surface area contributed by atoms with E-state index >= 15 is 0 Å². The first-order valence-corrected chi connectivity index (χ1v) is 4.84. The molecular weight excluding hydrogens is 183 g/mol. The van der Waals surface area contributed by atoms with Crippen molar-refractivity contribution >= 4 is 0 Å². The molecule has 1 aliphatic rings. The summed E-state index contributed by atoms with van der Waals surface area (Å²) in [4.78, 5) is 0. The van der Waals surface area contributed by atoms with Crippen molar-refractivity contribution in [2.45, 2.75) is 31.5 Å². The summed E-state index contributed by atoms with van der Waals surface area (Å²) in [5.74, 6) is 0.411. The Hall–Kier alpha value is -1.09. The molecular formula is C11H13FO2. The van der Waals surface area contributed by atoms with Crippen molar-refractivity contribution in [1.82, 2.24) is 0 Å². The number of benzene rings is 1. The van der Waals surface area contributed by atoms with Gasteiger partial charge in [-0.3, -0.25) is 0 Å². The fraction of sp³-hybridized carbons (Fsp3) is 0.455. The molecule has 1 aromatic rings. The number of ether oxygens (including phenoxy) is 1. The maximum Gasteiger partial charge on any atom is 0.123 e. The number of hydrogen-bond acceptors (Lipinski definition) is 2. The van der Waals surface area contributed by atoms with Crippen molar-refractivity contribution in [2.75, 3.05) is 0 Å². The van der Waals surface area contributed by atoms with Crippen molar-refractivity contribution in [3.8, 4) is 5.75 Å². The first-order chi connectivity index (χ1) is 6.74. The molecule has 0 spiro atoms. The van der Waals surface area contributed by atoms with Crippen molar-refractivity contribution in [1.29, 1.82) is 0 Å². The predicted octanol–water partition coefficient (Wildman–Crippen LogP) is 2.12. The number of rotatable bonds is 2. The summed E-state index contributed by atoms with van der Waals surface area (Å²) in [6.07, 6.45) is 2.19. The van der Waals surface area contributed by atoms with E-state index in [9.17, 15) is 9.50 Å². The summed E-state index contributed by atoms with van der Waals surface area (Å²) >= 11 is 0. The molecule has 0 saturated heterocycles. The lowest BCUT2D eigenvalue weighted by atomic mass is 10.3. The highest BCUT2D eigenvalue weighted by Gasteiger charge is 2.24. The van der Waals surface area contributed by atoms with Crippen molar-refractivity contribution in [3.63, 3.8) is 0 Å². The highest BCUT2D eigenvalue weighted by Crippen LogP contribution is 2.24. The zero-order valence-electron chi connectivity index (χ0n) is 7.82. The van der Waals surface area contributed by atoms with Gasteiger partial charge >= 0.3 is 0 Å². The van der Waals surface area contributed by atoms with E-state index in [2.05, 4.69) is 0 Å². The van der Waals surface area contributed by atoms with Crippen LogP contribution in [0.15, 0.2) is 24.3 Å². The fourth-order valence-electron chi connectivity index (χ4n) is 1.73. The number of aliphatic hydroxyl groups is 1. The molecule has 1 aromatic carbocycles. The second kappa shape index (κ2) is 3.96. The molecule has 2 atom stereocenters. The molecule has 3 heteroatoms. The van der Waals surface area contributed by atoms with Crippen LogP contribution in [0.4, 0.5) is 4.39 Å². The zero-order chi connectivity index (χ0) is 9.97. The van der Waals surface area contributed by atoms with Gasteiger partial charge in [-0.1, -0.05) is 0 Å². The van der Waals surface area contributed by atoms with Crippen molar-refractivity contribution in [3.05, 3.63) is 30.1 Å². The van der Waals surface area contributed by atoms with E-state index in [1.807, 2.05) is 0 Å². The maximum absolute atomic E-state index is 12.6. The summed E-state index contributed by atoms with van der Waals surface area (Å²) in [5.41, 5.74) is 0. The number of halogens is 1. The Morgan fingerprint density at radius 2 is 1.93 bits per heavy atom. The molecule has 1 aliphatic carbocycles. The SMILES string of the molecule is OC1CCC(Oc2ccc(F)cc2)C1. The maximum atomic E-state index is 12.6. The quantitative estimate of drug-likeness (QED) is 0.785. The Bertz CT molecular complexity index is 297. The van der Waals surface area contributed by atoms with Gasteiger partial charge in [0.15, 0.2) is 0 Å². The molecule has 0 heterocycles. The van der Waals surface area contributed by atoms with Gasteiger partial charge in [0.1, 0.15) is 17.7 Å². The van der Waals surface area contributed by atoms with Crippen molar-refractivity contribution in [2.24, 2.45) is 0 Å². The van der Waals surface area contributed by atoms with E-state index in [1.54, 1.807) is 12.1 Å². The second-order valence-electron chi connectivity index (χ2n) is 3.66. The average Bonchev–Trinajstić information content (AvgIpc) is 2.56. The normalized spacial score (nSPS) is 26.4. The lowest BCUT2D eigenvalue weighted by Gasteiger charge is -2.12. The molecule has 76 valence electrons. The summed E-state index contributed by atoms with van der Waals surface area (Å²) < 4.78 is 18.1. The Labute approximate surface area is 82.3 Å². The van der Waals surface area contributed by atoms with E-state index in [-0.39, 0.29) is 18.0 Å². The van der Waals surface area contributed by atoms with Crippen LogP contribution < -0.4 is 4.74 Å². The van der Waals surface area contributed by atoms with Gasteiger partial charge in [0, 0.05) is 6.42 Å². The molecule has 2 unspecified atom stereocenters. The zero-order valence-corrected chi connectivity index (χ0v) is 7.82. The third-order valence-corrected chi connectivity index (χ3v) is 2.47. The number of hydrogen-bond donors (Lipinski definition) is 1. The Balaban J connectivity index is 1.94. The van der Waals surface area contributed by atoms with Crippen LogP contribution in [0.5, 0.6) is 5.75 Å². The van der Waals surface area contributed by atoms with Crippen LogP contribution in [0.3, 0.4) is 0 Å². The van der Waals surface area contributed by atoms with Crippen LogP contribution in [-0.4, -0.2) is 17.3 Å². The van der Waals surface area contributed by atoms with Crippen LogP contribution in [0.1, 0.15) is 19.3 Å². The van der Waals surface area contributed by atoms with Gasteiger partial charge in [0.2, 0.25) is 0 Å². The lowest BCUT2D eigenvalue weighted by Crippen LogP contribution is -2.13. The van der Waals surface area contributed by atoms with Crippen LogP contribution in [0.2, 0.25) is 0 Å². The van der Waals surface area contributed by atoms with Gasteiger partial charge in [-0.2, -0.15) is 0 Å². The highest BCUT2D eigenvalue weighted by molar-refractivity contribution is 5.22. The summed E-state index contributed by atoms with van der Waals surface area (Å²) in [7, 11) is 0. The molecule has 0 aliphatic heterocycles. The molecule has 1 N–H and O–H groups in total. The smallest absolute Gasteiger partial charge is 0.123 e. The minimum absolute atomic E-state index is 0.0791. The Morgan fingerprint density at radius 1 is 1.21 bits per heavy atom. The van der Waals surface area contributed by atoms with Gasteiger partial charge in [0.05, 0.1) is 6.10 Å². The van der Waals surface area contributed by atoms with E-state index in [1.165, 1.54) is 12.1 Å². The molecule has 1 saturated carbocycles. The van der Waals surface area contributed by atoms with Gasteiger partial charge in [-0.15, -0.1) is 0 Å². The van der Waals surface area contributed by atoms with Crippen molar-refractivity contribution < 1.29 is 14.2 Å². The Kier molecular flexibility index (Phi) is 2.68. The van der Waals surface area contributed by atoms with Crippen LogP contribution in [0, 0.1) is 5.82 Å². The minimum Gasteiger partial charge on any atom is -0.490 e. The topological polar surface area (TPSA) is 29.5 Å². The molecule has 2 rings (SSSR count). The molecule has 0 amide bonds. The van der Waals surface area contributed by atoms with Gasteiger partial charge < -0.3 is 9.84 Å². The largest absolute Gasteiger partial charge is 0.490 e. The summed E-state index contributed by atoms with van der Waals surface area (Å²) in [5, 5.41) is 9.28. The van der Waals surface area contributed by atoms with Gasteiger partial charge in [-0.05, 0) is 37.1 Å². The monoisotopic (exact) mass is 196 g/mol. The molecule has 0 aromatic heterocycles. The predicted molar refractivity (Wildman–Crippen MR) is 50.7 cm³/mol. The minimum atomic E-state index is -0.260. The fourth-order valence-corrected chi connectivity index (χ4v) is 1.73. The molecule has 2 nitrogen and oxygen atoms in total. The first-order valence-electron chi connectivity index (χ1n) is 4.84. The third kappa shape index (κ3) is 2.23. The van der Waals surface area contributed by atoms with E-state index in [0.29, 0.717) is 12.2 Å². The molecule has 14 heavy (non-hydrogen) atoms. The third-order valence-electron chi connectivity index (χ3n) is 2.47. The number of aliphatic hydroxyl groups excluding tert-OH is 1. The van der Waals surface area contributed by atoms with Crippen LogP contribution in [-0.2, 0) is 0 Å². The van der Waals surface area contributed by atoms with Gasteiger partial charge in [0.25, 0.3) is 0 Å². The molecule has 1 fully saturated rings. The Morgan fingerprint density at radius 3 is 2.50 bits per heavy atom. The molecule has 0 bridgehead atoms. The van der Waals surface area contributed by atoms with Crippen LogP contribution >= 0.6 is 0 Å². The van der Waals surface area contributed by atoms with Gasteiger partial charge in [-0.25, -0.2) is 4.39 Å². The van der Waals surface area contributed by atoms with E-state index < -0.39 is 0 Å². The summed E-state index contributed by atoms with van der Waals surface area (Å²) in [6, 6.07) is 5.97. The van der Waals surface area contributed by atoms with Crippen LogP contribution in [0.25, 0.3) is 0 Å². The highest BCUT2D eigenvalue weighted by atomic mass is 19.1. The van der Waals surface area contributed by atoms with E-state index in [4.69, 9.17) is 4.74 Å². The average molecular weight is 196 g/mol. The second-order valence-corrected chi connectivity index (χ2v) is 3.66. The molecule has 0 radical (unpaired) electrons. The van der Waals surface area contributed by atoms with E-state index in [0.717, 1.165) is 12.8 Å². The standard InChI is InChI=1S/C11H13FO2/c12-8-1-4-10(5-2-8)14-11-6-3-9(13)7-11/h1-2,4-5,9,11,13H,3,6-7H2. The lowest BCUT2D eigenvalue weighted by molar-refractivity contribution is 0.149. The first kappa shape index (κ1) is 9.46.